The molecule has 0 aliphatic carbocycles. The fourth-order valence-corrected chi connectivity index (χ4v) is 3.98. The van der Waals surface area contributed by atoms with E-state index in [1.165, 1.54) is 0 Å². The molecular weight excluding hydrogens is 430 g/mol. The van der Waals surface area contributed by atoms with E-state index in [9.17, 15) is 0 Å². The molecule has 5 rings (SSSR count). The molecule has 0 bridgehead atoms. The summed E-state index contributed by atoms with van der Waals surface area (Å²) in [5.41, 5.74) is 4.99. The maximum atomic E-state index is 6.03. The van der Waals surface area contributed by atoms with Crippen LogP contribution in [0.25, 0.3) is 0 Å². The van der Waals surface area contributed by atoms with Crippen molar-refractivity contribution in [3.8, 4) is 5.75 Å². The predicted octanol–water partition coefficient (Wildman–Crippen LogP) is 3.33. The molecule has 2 fully saturated rings. The second-order valence-corrected chi connectivity index (χ2v) is 8.23. The first-order chi connectivity index (χ1) is 16.8. The lowest BCUT2D eigenvalue weighted by Crippen LogP contribution is -2.38. The van der Waals surface area contributed by atoms with Crippen LogP contribution in [0.2, 0.25) is 0 Å². The molecule has 0 unspecified atom stereocenters. The van der Waals surface area contributed by atoms with Crippen molar-refractivity contribution in [2.45, 2.75) is 19.4 Å². The normalized spacial score (nSPS) is 16.2. The van der Waals surface area contributed by atoms with Crippen LogP contribution in [0.5, 0.6) is 5.75 Å². The van der Waals surface area contributed by atoms with E-state index in [0.29, 0.717) is 37.7 Å². The molecule has 0 radical (unpaired) electrons. The number of nitrogens with one attached hydrogen (secondary N) is 1. The number of rotatable bonds is 8. The molecule has 2 aliphatic rings. The zero-order valence-electron chi connectivity index (χ0n) is 19.1. The van der Waals surface area contributed by atoms with E-state index in [-0.39, 0.29) is 0 Å². The van der Waals surface area contributed by atoms with Crippen molar-refractivity contribution in [1.29, 1.82) is 0 Å². The van der Waals surface area contributed by atoms with E-state index in [0.717, 1.165) is 55.9 Å². The number of hydrogen-bond donors (Lipinski definition) is 1. The molecule has 34 heavy (non-hydrogen) atoms. The second-order valence-electron chi connectivity index (χ2n) is 8.23. The molecule has 2 aromatic carbocycles. The molecule has 1 aromatic heterocycles. The highest BCUT2D eigenvalue weighted by Gasteiger charge is 2.21. The third-order valence-corrected chi connectivity index (χ3v) is 5.82. The topological polar surface area (TPSA) is 88.0 Å². The van der Waals surface area contributed by atoms with Gasteiger partial charge in [-0.1, -0.05) is 42.5 Å². The molecule has 2 saturated heterocycles. The van der Waals surface area contributed by atoms with Crippen molar-refractivity contribution in [3.63, 3.8) is 0 Å². The molecule has 0 spiro atoms. The van der Waals surface area contributed by atoms with Crippen molar-refractivity contribution in [2.75, 3.05) is 54.6 Å². The Morgan fingerprint density at radius 1 is 0.853 bits per heavy atom. The summed E-state index contributed by atoms with van der Waals surface area (Å²) >= 11 is 0. The van der Waals surface area contributed by atoms with Crippen molar-refractivity contribution in [3.05, 3.63) is 65.7 Å². The Morgan fingerprint density at radius 3 is 2.29 bits per heavy atom. The van der Waals surface area contributed by atoms with Crippen molar-refractivity contribution in [1.82, 2.24) is 15.0 Å². The number of morpholine rings is 1. The van der Waals surface area contributed by atoms with Crippen LogP contribution in [-0.2, 0) is 11.3 Å². The van der Waals surface area contributed by atoms with Crippen molar-refractivity contribution in [2.24, 2.45) is 5.10 Å². The average Bonchev–Trinajstić information content (AvgIpc) is 3.44. The molecule has 0 atom stereocenters. The lowest BCUT2D eigenvalue weighted by atomic mass is 10.2. The van der Waals surface area contributed by atoms with Gasteiger partial charge in [-0.15, -0.1) is 0 Å². The highest BCUT2D eigenvalue weighted by Crippen LogP contribution is 2.22. The smallest absolute Gasteiger partial charge is 0.250 e. The fourth-order valence-electron chi connectivity index (χ4n) is 3.98. The molecule has 2 aliphatic heterocycles. The summed E-state index contributed by atoms with van der Waals surface area (Å²) < 4.78 is 11.5. The fraction of sp³-hybridized carbons (Fsp3) is 0.360. The molecule has 0 saturated carbocycles. The first kappa shape index (κ1) is 22.1. The molecule has 9 nitrogen and oxygen atoms in total. The van der Waals surface area contributed by atoms with E-state index >= 15 is 0 Å². The van der Waals surface area contributed by atoms with Crippen molar-refractivity contribution >= 4 is 24.1 Å². The molecule has 176 valence electrons. The summed E-state index contributed by atoms with van der Waals surface area (Å²) in [6.07, 6.45) is 4.03. The summed E-state index contributed by atoms with van der Waals surface area (Å²) in [5.74, 6) is 2.54. The third kappa shape index (κ3) is 5.60. The Bertz CT molecular complexity index is 1100. The van der Waals surface area contributed by atoms with E-state index in [1.807, 2.05) is 54.6 Å². The van der Waals surface area contributed by atoms with Crippen LogP contribution in [0.1, 0.15) is 24.0 Å². The largest absolute Gasteiger partial charge is 0.488 e. The third-order valence-electron chi connectivity index (χ3n) is 5.82. The van der Waals surface area contributed by atoms with Gasteiger partial charge < -0.3 is 19.3 Å². The Morgan fingerprint density at radius 2 is 1.53 bits per heavy atom. The number of aromatic nitrogens is 3. The number of para-hydroxylation sites is 1. The van der Waals surface area contributed by atoms with Gasteiger partial charge in [0, 0.05) is 31.7 Å². The maximum absolute atomic E-state index is 6.03. The summed E-state index contributed by atoms with van der Waals surface area (Å²) in [7, 11) is 0. The number of nitrogens with zero attached hydrogens (tertiary/aromatic N) is 6. The monoisotopic (exact) mass is 459 g/mol. The average molecular weight is 460 g/mol. The first-order valence-electron chi connectivity index (χ1n) is 11.7. The van der Waals surface area contributed by atoms with Crippen LogP contribution in [0.15, 0.2) is 59.7 Å². The van der Waals surface area contributed by atoms with E-state index in [2.05, 4.69) is 30.3 Å². The van der Waals surface area contributed by atoms with Crippen LogP contribution in [0, 0.1) is 0 Å². The highest BCUT2D eigenvalue weighted by atomic mass is 16.5. The number of hydrazone groups is 1. The number of benzene rings is 2. The zero-order chi connectivity index (χ0) is 23.0. The Kier molecular flexibility index (Phi) is 7.10. The van der Waals surface area contributed by atoms with Gasteiger partial charge >= 0.3 is 0 Å². The summed E-state index contributed by atoms with van der Waals surface area (Å²) in [4.78, 5) is 18.3. The van der Waals surface area contributed by atoms with E-state index in [4.69, 9.17) is 14.5 Å². The van der Waals surface area contributed by atoms with E-state index in [1.54, 1.807) is 6.21 Å². The van der Waals surface area contributed by atoms with Gasteiger partial charge in [-0.05, 0) is 30.5 Å². The quantitative estimate of drug-likeness (QED) is 0.405. The minimum absolute atomic E-state index is 0.428. The molecule has 0 amide bonds. The van der Waals surface area contributed by atoms with Gasteiger partial charge in [0.2, 0.25) is 17.8 Å². The van der Waals surface area contributed by atoms with Crippen LogP contribution in [0.4, 0.5) is 17.8 Å². The number of ether oxygens (including phenoxy) is 2. The Balaban J connectivity index is 1.31. The number of hydrogen-bond acceptors (Lipinski definition) is 9. The lowest BCUT2D eigenvalue weighted by molar-refractivity contribution is 0.122. The zero-order valence-corrected chi connectivity index (χ0v) is 19.1. The van der Waals surface area contributed by atoms with Crippen LogP contribution in [0.3, 0.4) is 0 Å². The molecule has 9 heteroatoms. The van der Waals surface area contributed by atoms with Gasteiger partial charge in [0.25, 0.3) is 0 Å². The van der Waals surface area contributed by atoms with Gasteiger partial charge in [-0.2, -0.15) is 20.1 Å². The van der Waals surface area contributed by atoms with Gasteiger partial charge in [0.1, 0.15) is 12.4 Å². The SMILES string of the molecule is C(=N/Nc1nc(N2CCCC2)nc(N2CCOCC2)n1)/c1ccccc1OCc1ccccc1. The van der Waals surface area contributed by atoms with Gasteiger partial charge in [-0.3, -0.25) is 0 Å². The molecule has 3 heterocycles. The minimum Gasteiger partial charge on any atom is -0.488 e. The summed E-state index contributed by atoms with van der Waals surface area (Å²) in [6, 6.07) is 17.9. The van der Waals surface area contributed by atoms with Gasteiger partial charge in [0.15, 0.2) is 0 Å². The first-order valence-corrected chi connectivity index (χ1v) is 11.7. The standard InChI is InChI=1S/C25H29N7O2/c1-2-8-20(9-3-1)19-34-22-11-5-4-10-21(22)18-26-30-23-27-24(31-12-6-7-13-31)29-25(28-23)32-14-16-33-17-15-32/h1-5,8-11,18H,6-7,12-17,19H2,(H,27,28,29,30)/b26-18-. The molecule has 1 N–H and O–H groups in total. The molecular formula is C25H29N7O2. The van der Waals surface area contributed by atoms with Crippen LogP contribution < -0.4 is 20.0 Å². The summed E-state index contributed by atoms with van der Waals surface area (Å²) in [6.45, 7) is 5.28. The van der Waals surface area contributed by atoms with Gasteiger partial charge in [0.05, 0.1) is 19.4 Å². The number of anilines is 3. The lowest BCUT2D eigenvalue weighted by Gasteiger charge is -2.27. The highest BCUT2D eigenvalue weighted by molar-refractivity contribution is 5.83. The minimum atomic E-state index is 0.428. The van der Waals surface area contributed by atoms with Crippen LogP contribution >= 0.6 is 0 Å². The summed E-state index contributed by atoms with van der Waals surface area (Å²) in [5, 5.41) is 4.41. The van der Waals surface area contributed by atoms with Crippen LogP contribution in [-0.4, -0.2) is 60.6 Å². The van der Waals surface area contributed by atoms with Gasteiger partial charge in [-0.25, -0.2) is 5.43 Å². The van der Waals surface area contributed by atoms with E-state index < -0.39 is 0 Å². The van der Waals surface area contributed by atoms with Crippen molar-refractivity contribution < 1.29 is 9.47 Å². The Hall–Kier alpha value is -3.72. The molecule has 3 aromatic rings. The maximum Gasteiger partial charge on any atom is 0.250 e. The Labute approximate surface area is 199 Å². The second kappa shape index (κ2) is 10.9. The predicted molar refractivity (Wildman–Crippen MR) is 133 cm³/mol.